The Kier molecular flexibility index (Phi) is 6.51. The SMILES string of the molecule is COc1ccc(OC)c(/C=C2\Oc3c(ccc(OCC(=O)c4ccc(Br)cc4)c3C)C2=O)c1. The van der Waals surface area contributed by atoms with E-state index in [1.165, 1.54) is 0 Å². The Morgan fingerprint density at radius 2 is 1.73 bits per heavy atom. The van der Waals surface area contributed by atoms with Crippen LogP contribution in [-0.4, -0.2) is 32.4 Å². The zero-order valence-electron chi connectivity index (χ0n) is 18.3. The van der Waals surface area contributed by atoms with E-state index in [9.17, 15) is 9.59 Å². The van der Waals surface area contributed by atoms with Gasteiger partial charge in [0, 0.05) is 21.2 Å². The third-order valence-corrected chi connectivity index (χ3v) is 5.81. The summed E-state index contributed by atoms with van der Waals surface area (Å²) in [7, 11) is 3.12. The highest BCUT2D eigenvalue weighted by Gasteiger charge is 2.30. The fraction of sp³-hybridized carbons (Fsp3) is 0.154. The Hall–Kier alpha value is -3.58. The van der Waals surface area contributed by atoms with Crippen molar-refractivity contribution in [3.8, 4) is 23.0 Å². The molecule has 0 fully saturated rings. The maximum atomic E-state index is 12.9. The van der Waals surface area contributed by atoms with Crippen molar-refractivity contribution in [1.29, 1.82) is 0 Å². The topological polar surface area (TPSA) is 71.1 Å². The molecule has 1 heterocycles. The van der Waals surface area contributed by atoms with Crippen molar-refractivity contribution < 1.29 is 28.5 Å². The van der Waals surface area contributed by atoms with Crippen LogP contribution in [0.3, 0.4) is 0 Å². The standard InChI is InChI=1S/C26H21BrO6/c1-15-22(32-14-21(28)16-4-6-18(27)7-5-16)11-9-20-25(29)24(33-26(15)20)13-17-12-19(30-2)8-10-23(17)31-3/h4-13H,14H2,1-3H3/b24-13-. The van der Waals surface area contributed by atoms with E-state index in [2.05, 4.69) is 15.9 Å². The van der Waals surface area contributed by atoms with Crippen LogP contribution in [0.1, 0.15) is 31.8 Å². The van der Waals surface area contributed by atoms with Crippen LogP contribution < -0.4 is 18.9 Å². The predicted molar refractivity (Wildman–Crippen MR) is 128 cm³/mol. The van der Waals surface area contributed by atoms with Crippen molar-refractivity contribution in [3.05, 3.63) is 87.1 Å². The Balaban J connectivity index is 1.56. The molecule has 1 aliphatic heterocycles. The second kappa shape index (κ2) is 9.50. The van der Waals surface area contributed by atoms with Gasteiger partial charge >= 0.3 is 0 Å². The first-order valence-corrected chi connectivity index (χ1v) is 10.9. The Morgan fingerprint density at radius 3 is 2.42 bits per heavy atom. The highest BCUT2D eigenvalue weighted by Crippen LogP contribution is 2.40. The van der Waals surface area contributed by atoms with E-state index in [4.69, 9.17) is 18.9 Å². The quantitative estimate of drug-likeness (QED) is 0.303. The van der Waals surface area contributed by atoms with E-state index in [0.29, 0.717) is 45.3 Å². The summed E-state index contributed by atoms with van der Waals surface area (Å²) in [5.74, 6) is 1.90. The molecule has 0 amide bonds. The zero-order chi connectivity index (χ0) is 23.5. The molecule has 0 radical (unpaired) electrons. The Morgan fingerprint density at radius 1 is 1.00 bits per heavy atom. The minimum absolute atomic E-state index is 0.126. The van der Waals surface area contributed by atoms with Gasteiger partial charge in [0.25, 0.3) is 0 Å². The molecule has 0 bridgehead atoms. The normalized spacial score (nSPS) is 13.5. The number of carbonyl (C=O) groups excluding carboxylic acids is 2. The fourth-order valence-electron chi connectivity index (χ4n) is 3.48. The summed E-state index contributed by atoms with van der Waals surface area (Å²) in [5, 5.41) is 0. The molecule has 3 aromatic rings. The number of rotatable bonds is 7. The summed E-state index contributed by atoms with van der Waals surface area (Å²) < 4.78 is 23.2. The number of Topliss-reactive ketones (excluding diaryl/α,β-unsaturated/α-hetero) is 2. The third-order valence-electron chi connectivity index (χ3n) is 5.29. The molecule has 0 atom stereocenters. The first-order valence-electron chi connectivity index (χ1n) is 10.1. The van der Waals surface area contributed by atoms with E-state index in [1.807, 2.05) is 0 Å². The van der Waals surface area contributed by atoms with Gasteiger partial charge in [0.15, 0.2) is 18.1 Å². The van der Waals surface area contributed by atoms with Crippen LogP contribution in [0.4, 0.5) is 0 Å². The van der Waals surface area contributed by atoms with Crippen LogP contribution in [-0.2, 0) is 0 Å². The van der Waals surface area contributed by atoms with Crippen LogP contribution in [0.2, 0.25) is 0 Å². The highest BCUT2D eigenvalue weighted by molar-refractivity contribution is 9.10. The summed E-state index contributed by atoms with van der Waals surface area (Å²) in [4.78, 5) is 25.4. The van der Waals surface area contributed by atoms with Crippen LogP contribution in [0.25, 0.3) is 6.08 Å². The number of allylic oxidation sites excluding steroid dienone is 1. The molecule has 33 heavy (non-hydrogen) atoms. The summed E-state index contributed by atoms with van der Waals surface area (Å²) in [6.07, 6.45) is 1.63. The highest BCUT2D eigenvalue weighted by atomic mass is 79.9. The van der Waals surface area contributed by atoms with Gasteiger partial charge in [-0.3, -0.25) is 9.59 Å². The smallest absolute Gasteiger partial charge is 0.231 e. The molecule has 3 aromatic carbocycles. The van der Waals surface area contributed by atoms with Gasteiger partial charge in [-0.15, -0.1) is 0 Å². The predicted octanol–water partition coefficient (Wildman–Crippen LogP) is 5.65. The first-order chi connectivity index (χ1) is 15.9. The molecule has 4 rings (SSSR count). The zero-order valence-corrected chi connectivity index (χ0v) is 19.9. The van der Waals surface area contributed by atoms with Crippen LogP contribution >= 0.6 is 15.9 Å². The van der Waals surface area contributed by atoms with Gasteiger partial charge in [-0.1, -0.05) is 28.1 Å². The number of carbonyl (C=O) groups is 2. The van der Waals surface area contributed by atoms with Gasteiger partial charge in [-0.25, -0.2) is 0 Å². The number of methoxy groups -OCH3 is 2. The molecule has 0 unspecified atom stereocenters. The lowest BCUT2D eigenvalue weighted by atomic mass is 10.1. The monoisotopic (exact) mass is 508 g/mol. The van der Waals surface area contributed by atoms with Gasteiger partial charge in [0.2, 0.25) is 5.78 Å². The van der Waals surface area contributed by atoms with Crippen molar-refractivity contribution in [2.24, 2.45) is 0 Å². The minimum atomic E-state index is -0.240. The molecule has 7 heteroatoms. The van der Waals surface area contributed by atoms with E-state index in [1.54, 1.807) is 81.8 Å². The molecule has 1 aliphatic rings. The van der Waals surface area contributed by atoms with E-state index in [-0.39, 0.29) is 23.9 Å². The molecule has 0 spiro atoms. The number of hydrogen-bond acceptors (Lipinski definition) is 6. The fourth-order valence-corrected chi connectivity index (χ4v) is 3.74. The number of fused-ring (bicyclic) bond motifs is 1. The molecule has 168 valence electrons. The maximum Gasteiger partial charge on any atom is 0.231 e. The molecule has 0 saturated heterocycles. The maximum absolute atomic E-state index is 12.9. The van der Waals surface area contributed by atoms with E-state index < -0.39 is 0 Å². The number of halogens is 1. The number of benzene rings is 3. The summed E-state index contributed by atoms with van der Waals surface area (Å²) in [5.41, 5.74) is 2.29. The molecule has 0 saturated carbocycles. The second-order valence-corrected chi connectivity index (χ2v) is 8.25. The summed E-state index contributed by atoms with van der Waals surface area (Å²) in [6.45, 7) is 1.67. The van der Waals surface area contributed by atoms with Gasteiger partial charge in [0.05, 0.1) is 19.8 Å². The van der Waals surface area contributed by atoms with Gasteiger partial charge < -0.3 is 18.9 Å². The average molecular weight is 509 g/mol. The van der Waals surface area contributed by atoms with E-state index in [0.717, 1.165) is 4.47 Å². The van der Waals surface area contributed by atoms with Crippen molar-refractivity contribution in [2.45, 2.75) is 6.92 Å². The van der Waals surface area contributed by atoms with Gasteiger partial charge in [-0.05, 0) is 55.5 Å². The number of hydrogen-bond donors (Lipinski definition) is 0. The molecule has 6 nitrogen and oxygen atoms in total. The largest absolute Gasteiger partial charge is 0.497 e. The van der Waals surface area contributed by atoms with Gasteiger partial charge in [-0.2, -0.15) is 0 Å². The van der Waals surface area contributed by atoms with Crippen molar-refractivity contribution >= 4 is 33.6 Å². The van der Waals surface area contributed by atoms with Crippen molar-refractivity contribution in [3.63, 3.8) is 0 Å². The van der Waals surface area contributed by atoms with Crippen LogP contribution in [0, 0.1) is 6.92 Å². The molecular formula is C26H21BrO6. The third kappa shape index (κ3) is 4.64. The summed E-state index contributed by atoms with van der Waals surface area (Å²) >= 11 is 3.35. The minimum Gasteiger partial charge on any atom is -0.497 e. The van der Waals surface area contributed by atoms with Crippen LogP contribution in [0.5, 0.6) is 23.0 Å². The molecular weight excluding hydrogens is 488 g/mol. The molecule has 0 aromatic heterocycles. The average Bonchev–Trinajstić information content (AvgIpc) is 3.14. The second-order valence-electron chi connectivity index (χ2n) is 7.33. The number of ketones is 2. The molecule has 0 aliphatic carbocycles. The summed E-state index contributed by atoms with van der Waals surface area (Å²) in [6, 6.07) is 15.7. The van der Waals surface area contributed by atoms with Gasteiger partial charge in [0.1, 0.15) is 23.0 Å². The first kappa shape index (κ1) is 22.6. The van der Waals surface area contributed by atoms with Crippen molar-refractivity contribution in [2.75, 3.05) is 20.8 Å². The van der Waals surface area contributed by atoms with Crippen LogP contribution in [0.15, 0.2) is 64.8 Å². The lowest BCUT2D eigenvalue weighted by molar-refractivity contribution is 0.0920. The molecule has 0 N–H and O–H groups in total. The van der Waals surface area contributed by atoms with Crippen molar-refractivity contribution in [1.82, 2.24) is 0 Å². The number of ether oxygens (including phenoxy) is 4. The lowest BCUT2D eigenvalue weighted by Gasteiger charge is -2.11. The lowest BCUT2D eigenvalue weighted by Crippen LogP contribution is -2.12. The van der Waals surface area contributed by atoms with E-state index >= 15 is 0 Å². The Labute approximate surface area is 199 Å². The Bertz CT molecular complexity index is 1260.